The lowest BCUT2D eigenvalue weighted by atomic mass is 10.1. The van der Waals surface area contributed by atoms with Crippen molar-refractivity contribution < 1.29 is 9.59 Å². The topological polar surface area (TPSA) is 49.4 Å². The van der Waals surface area contributed by atoms with Crippen molar-refractivity contribution in [2.24, 2.45) is 0 Å². The van der Waals surface area contributed by atoms with Gasteiger partial charge in [-0.05, 0) is 42.6 Å². The number of carbonyl (C=O) groups is 2. The second-order valence-electron chi connectivity index (χ2n) is 4.66. The van der Waals surface area contributed by atoms with Gasteiger partial charge in [0.25, 0.3) is 5.91 Å². The van der Waals surface area contributed by atoms with Gasteiger partial charge in [-0.15, -0.1) is 11.3 Å². The van der Waals surface area contributed by atoms with Crippen LogP contribution in [0.15, 0.2) is 41.8 Å². The van der Waals surface area contributed by atoms with Crippen LogP contribution < -0.4 is 5.32 Å². The van der Waals surface area contributed by atoms with E-state index in [4.69, 9.17) is 0 Å². The fourth-order valence-electron chi connectivity index (χ4n) is 2.00. The number of nitrogens with zero attached hydrogens (tertiary/aromatic N) is 1. The molecule has 0 fully saturated rings. The van der Waals surface area contributed by atoms with Crippen LogP contribution in [-0.2, 0) is 11.3 Å². The van der Waals surface area contributed by atoms with Crippen LogP contribution in [-0.4, -0.2) is 23.3 Å². The number of nitrogens with one attached hydrogen (secondary N) is 1. The number of benzene rings is 1. The molecule has 2 amide bonds. The zero-order valence-corrected chi connectivity index (χ0v) is 12.9. The third-order valence-corrected chi connectivity index (χ3v) is 3.91. The zero-order chi connectivity index (χ0) is 15.2. The Hall–Kier alpha value is -2.14. The van der Waals surface area contributed by atoms with Gasteiger partial charge < -0.3 is 10.2 Å². The number of anilines is 1. The van der Waals surface area contributed by atoms with Crippen LogP contribution in [0.2, 0.25) is 0 Å². The van der Waals surface area contributed by atoms with Crippen molar-refractivity contribution in [3.8, 4) is 0 Å². The van der Waals surface area contributed by atoms with Gasteiger partial charge >= 0.3 is 0 Å². The maximum atomic E-state index is 12.5. The van der Waals surface area contributed by atoms with Gasteiger partial charge in [0, 0.05) is 29.6 Å². The molecule has 0 unspecified atom stereocenters. The maximum Gasteiger partial charge on any atom is 0.254 e. The number of rotatable bonds is 5. The average Bonchev–Trinajstić information content (AvgIpc) is 2.97. The Morgan fingerprint density at radius 3 is 2.43 bits per heavy atom. The number of hydrogen-bond donors (Lipinski definition) is 1. The Morgan fingerprint density at radius 1 is 1.19 bits per heavy atom. The largest absolute Gasteiger partial charge is 0.334 e. The van der Waals surface area contributed by atoms with Crippen LogP contribution >= 0.6 is 11.3 Å². The first-order valence-corrected chi connectivity index (χ1v) is 7.67. The molecule has 1 N–H and O–H groups in total. The number of amides is 2. The molecule has 4 nitrogen and oxygen atoms in total. The Bertz CT molecular complexity index is 606. The van der Waals surface area contributed by atoms with E-state index in [1.54, 1.807) is 40.5 Å². The summed E-state index contributed by atoms with van der Waals surface area (Å²) in [6, 6.07) is 11.0. The Morgan fingerprint density at radius 2 is 1.90 bits per heavy atom. The molecule has 1 aromatic carbocycles. The van der Waals surface area contributed by atoms with Crippen molar-refractivity contribution in [1.82, 2.24) is 4.90 Å². The Kier molecular flexibility index (Phi) is 5.11. The van der Waals surface area contributed by atoms with Crippen LogP contribution in [0.25, 0.3) is 0 Å². The fraction of sp³-hybridized carbons (Fsp3) is 0.250. The third-order valence-electron chi connectivity index (χ3n) is 3.05. The predicted molar refractivity (Wildman–Crippen MR) is 85.5 cm³/mol. The molecule has 0 radical (unpaired) electrons. The summed E-state index contributed by atoms with van der Waals surface area (Å²) >= 11 is 1.65. The van der Waals surface area contributed by atoms with E-state index < -0.39 is 0 Å². The smallest absolute Gasteiger partial charge is 0.254 e. The first kappa shape index (κ1) is 15.3. The molecule has 0 bridgehead atoms. The van der Waals surface area contributed by atoms with E-state index in [-0.39, 0.29) is 11.8 Å². The maximum absolute atomic E-state index is 12.5. The second kappa shape index (κ2) is 7.04. The molecule has 0 atom stereocenters. The Labute approximate surface area is 128 Å². The van der Waals surface area contributed by atoms with Gasteiger partial charge in [-0.25, -0.2) is 0 Å². The molecule has 2 rings (SSSR count). The van der Waals surface area contributed by atoms with Crippen molar-refractivity contribution in [2.45, 2.75) is 20.4 Å². The summed E-state index contributed by atoms with van der Waals surface area (Å²) in [5.41, 5.74) is 1.32. The van der Waals surface area contributed by atoms with Crippen LogP contribution in [0.1, 0.15) is 29.1 Å². The van der Waals surface area contributed by atoms with Crippen LogP contribution in [0.5, 0.6) is 0 Å². The average molecular weight is 302 g/mol. The molecular formula is C16H18N2O2S. The molecule has 0 spiro atoms. The van der Waals surface area contributed by atoms with Gasteiger partial charge in [0.15, 0.2) is 0 Å². The summed E-state index contributed by atoms with van der Waals surface area (Å²) in [7, 11) is 0. The summed E-state index contributed by atoms with van der Waals surface area (Å²) in [5.74, 6) is -0.123. The molecule has 0 aliphatic carbocycles. The highest BCUT2D eigenvalue weighted by Gasteiger charge is 2.14. The van der Waals surface area contributed by atoms with Gasteiger partial charge in [0.2, 0.25) is 5.91 Å². The lowest BCUT2D eigenvalue weighted by Crippen LogP contribution is -2.29. The number of thiophene rings is 1. The molecule has 0 saturated heterocycles. The van der Waals surface area contributed by atoms with E-state index in [1.165, 1.54) is 11.8 Å². The van der Waals surface area contributed by atoms with Crippen LogP contribution in [0.3, 0.4) is 0 Å². The predicted octanol–water partition coefficient (Wildman–Crippen LogP) is 3.37. The quantitative estimate of drug-likeness (QED) is 0.920. The van der Waals surface area contributed by atoms with Crippen molar-refractivity contribution in [3.05, 3.63) is 52.2 Å². The van der Waals surface area contributed by atoms with Gasteiger partial charge in [-0.1, -0.05) is 6.07 Å². The van der Waals surface area contributed by atoms with Gasteiger partial charge in [-0.3, -0.25) is 9.59 Å². The number of carbonyl (C=O) groups excluding carboxylic acids is 2. The van der Waals surface area contributed by atoms with Gasteiger partial charge in [0.1, 0.15) is 0 Å². The van der Waals surface area contributed by atoms with Crippen molar-refractivity contribution in [2.75, 3.05) is 11.9 Å². The fourth-order valence-corrected chi connectivity index (χ4v) is 2.72. The van der Waals surface area contributed by atoms with E-state index >= 15 is 0 Å². The van der Waals surface area contributed by atoms with E-state index in [0.29, 0.717) is 24.3 Å². The third kappa shape index (κ3) is 4.16. The molecule has 21 heavy (non-hydrogen) atoms. The summed E-state index contributed by atoms with van der Waals surface area (Å²) in [4.78, 5) is 26.4. The second-order valence-corrected chi connectivity index (χ2v) is 5.69. The van der Waals surface area contributed by atoms with E-state index in [0.717, 1.165) is 0 Å². The molecule has 5 heteroatoms. The lowest BCUT2D eigenvalue weighted by molar-refractivity contribution is -0.114. The number of hydrogen-bond acceptors (Lipinski definition) is 3. The van der Waals surface area contributed by atoms with Crippen molar-refractivity contribution >= 4 is 28.8 Å². The molecule has 2 aromatic rings. The van der Waals surface area contributed by atoms with Crippen LogP contribution in [0, 0.1) is 0 Å². The summed E-state index contributed by atoms with van der Waals surface area (Å²) in [6.45, 7) is 4.71. The zero-order valence-electron chi connectivity index (χ0n) is 12.1. The Balaban J connectivity index is 2.08. The van der Waals surface area contributed by atoms with Gasteiger partial charge in [-0.2, -0.15) is 0 Å². The molecule has 110 valence electrons. The highest BCUT2D eigenvalue weighted by molar-refractivity contribution is 7.09. The molecule has 0 aliphatic heterocycles. The molecule has 1 heterocycles. The summed E-state index contributed by atoms with van der Waals surface area (Å²) < 4.78 is 0. The molecule has 1 aromatic heterocycles. The highest BCUT2D eigenvalue weighted by atomic mass is 32.1. The molecule has 0 saturated carbocycles. The van der Waals surface area contributed by atoms with Crippen molar-refractivity contribution in [1.29, 1.82) is 0 Å². The normalized spacial score (nSPS) is 10.2. The minimum absolute atomic E-state index is 0.000255. The molecular weight excluding hydrogens is 284 g/mol. The van der Waals surface area contributed by atoms with Gasteiger partial charge in [0.05, 0.1) is 6.54 Å². The van der Waals surface area contributed by atoms with Crippen molar-refractivity contribution in [3.63, 3.8) is 0 Å². The minimum atomic E-state index is -0.123. The van der Waals surface area contributed by atoms with Crippen LogP contribution in [0.4, 0.5) is 5.69 Å². The van der Waals surface area contributed by atoms with E-state index in [9.17, 15) is 9.59 Å². The monoisotopic (exact) mass is 302 g/mol. The highest BCUT2D eigenvalue weighted by Crippen LogP contribution is 2.16. The standard InChI is InChI=1S/C16H18N2O2S/c1-3-18(11-15-5-4-10-21-15)16(20)13-6-8-14(9-7-13)17-12(2)19/h4-10H,3,11H2,1-2H3,(H,17,19). The summed E-state index contributed by atoms with van der Waals surface area (Å²) in [6.07, 6.45) is 0. The minimum Gasteiger partial charge on any atom is -0.334 e. The first-order valence-electron chi connectivity index (χ1n) is 6.79. The molecule has 0 aliphatic rings. The lowest BCUT2D eigenvalue weighted by Gasteiger charge is -2.20. The SMILES string of the molecule is CCN(Cc1cccs1)C(=O)c1ccc(NC(C)=O)cc1. The van der Waals surface area contributed by atoms with E-state index in [1.807, 2.05) is 24.4 Å². The first-order chi connectivity index (χ1) is 10.1. The summed E-state index contributed by atoms with van der Waals surface area (Å²) in [5, 5.41) is 4.70. The van der Waals surface area contributed by atoms with E-state index in [2.05, 4.69) is 5.32 Å².